The van der Waals surface area contributed by atoms with E-state index in [1.165, 1.54) is 0 Å². The second kappa shape index (κ2) is 7.71. The first-order valence-electron chi connectivity index (χ1n) is 7.80. The van der Waals surface area contributed by atoms with Crippen LogP contribution in [-0.2, 0) is 22.6 Å². The van der Waals surface area contributed by atoms with Crippen molar-refractivity contribution in [1.82, 2.24) is 19.9 Å². The number of amides is 1. The third-order valence-electron chi connectivity index (χ3n) is 3.76. The number of hydrogen-bond acceptors (Lipinski definition) is 6. The molecular weight excluding hydrogens is 324 g/mol. The first-order valence-corrected chi connectivity index (χ1v) is 7.80. The standard InChI is InChI=1S/C17H18N4O4/c1-24-10-8-20(11-13-5-4-9-25-13)16(22)12-21-17(23)14-6-2-3-7-15(14)18-19-21/h2-7,9H,8,10-12H2,1H3. The lowest BCUT2D eigenvalue weighted by molar-refractivity contribution is -0.133. The summed E-state index contributed by atoms with van der Waals surface area (Å²) < 4.78 is 11.4. The molecule has 0 spiro atoms. The summed E-state index contributed by atoms with van der Waals surface area (Å²) in [5.41, 5.74) is 0.159. The van der Waals surface area contributed by atoms with Crippen LogP contribution in [0.25, 0.3) is 10.9 Å². The molecule has 25 heavy (non-hydrogen) atoms. The van der Waals surface area contributed by atoms with Crippen molar-refractivity contribution in [3.63, 3.8) is 0 Å². The zero-order valence-electron chi connectivity index (χ0n) is 13.8. The van der Waals surface area contributed by atoms with Gasteiger partial charge in [0.05, 0.1) is 24.8 Å². The molecule has 0 aliphatic heterocycles. The fourth-order valence-electron chi connectivity index (χ4n) is 2.44. The maximum atomic E-state index is 12.6. The van der Waals surface area contributed by atoms with E-state index in [0.717, 1.165) is 4.68 Å². The van der Waals surface area contributed by atoms with Gasteiger partial charge in [-0.15, -0.1) is 5.10 Å². The van der Waals surface area contributed by atoms with Gasteiger partial charge in [-0.1, -0.05) is 17.3 Å². The van der Waals surface area contributed by atoms with E-state index >= 15 is 0 Å². The average Bonchev–Trinajstić information content (AvgIpc) is 3.14. The summed E-state index contributed by atoms with van der Waals surface area (Å²) in [7, 11) is 1.56. The number of carbonyl (C=O) groups is 1. The molecule has 0 aliphatic carbocycles. The average molecular weight is 342 g/mol. The van der Waals surface area contributed by atoms with Crippen molar-refractivity contribution in [3.05, 3.63) is 58.8 Å². The molecule has 0 saturated heterocycles. The summed E-state index contributed by atoms with van der Waals surface area (Å²) in [6.45, 7) is 0.864. The first kappa shape index (κ1) is 16.8. The van der Waals surface area contributed by atoms with E-state index in [0.29, 0.717) is 36.4 Å². The first-order chi connectivity index (χ1) is 12.2. The lowest BCUT2D eigenvalue weighted by Crippen LogP contribution is -2.39. The third kappa shape index (κ3) is 3.92. The van der Waals surface area contributed by atoms with Gasteiger partial charge in [0.25, 0.3) is 5.56 Å². The molecule has 8 heteroatoms. The Morgan fingerprint density at radius 2 is 2.12 bits per heavy atom. The fraction of sp³-hybridized carbons (Fsp3) is 0.294. The van der Waals surface area contributed by atoms with Crippen molar-refractivity contribution in [2.24, 2.45) is 0 Å². The summed E-state index contributed by atoms with van der Waals surface area (Å²) in [6.07, 6.45) is 1.55. The Morgan fingerprint density at radius 3 is 2.88 bits per heavy atom. The maximum Gasteiger partial charge on any atom is 0.278 e. The van der Waals surface area contributed by atoms with E-state index in [2.05, 4.69) is 10.3 Å². The molecule has 3 aromatic rings. The number of rotatable bonds is 7. The predicted molar refractivity (Wildman–Crippen MR) is 89.8 cm³/mol. The highest BCUT2D eigenvalue weighted by atomic mass is 16.5. The Labute approximate surface area is 143 Å². The van der Waals surface area contributed by atoms with Crippen molar-refractivity contribution in [1.29, 1.82) is 0 Å². The molecule has 0 bridgehead atoms. The van der Waals surface area contributed by atoms with Gasteiger partial charge in [-0.3, -0.25) is 9.59 Å². The van der Waals surface area contributed by atoms with E-state index in [4.69, 9.17) is 9.15 Å². The van der Waals surface area contributed by atoms with Gasteiger partial charge in [0.2, 0.25) is 5.91 Å². The second-order valence-corrected chi connectivity index (χ2v) is 5.46. The van der Waals surface area contributed by atoms with Gasteiger partial charge >= 0.3 is 0 Å². The Hall–Kier alpha value is -3.00. The van der Waals surface area contributed by atoms with Crippen LogP contribution in [0, 0.1) is 0 Å². The zero-order chi connectivity index (χ0) is 17.6. The molecule has 1 amide bonds. The summed E-state index contributed by atoms with van der Waals surface area (Å²) in [6, 6.07) is 10.4. The molecule has 130 valence electrons. The van der Waals surface area contributed by atoms with Gasteiger partial charge < -0.3 is 14.1 Å². The molecule has 0 saturated carbocycles. The molecular formula is C17H18N4O4. The molecule has 0 aliphatic rings. The highest BCUT2D eigenvalue weighted by Crippen LogP contribution is 2.07. The molecule has 8 nitrogen and oxygen atoms in total. The summed E-state index contributed by atoms with van der Waals surface area (Å²) in [5.74, 6) is 0.390. The van der Waals surface area contributed by atoms with E-state index in [1.54, 1.807) is 54.7 Å². The number of furan rings is 1. The number of benzene rings is 1. The highest BCUT2D eigenvalue weighted by Gasteiger charge is 2.17. The molecule has 0 unspecified atom stereocenters. The fourth-order valence-corrected chi connectivity index (χ4v) is 2.44. The second-order valence-electron chi connectivity index (χ2n) is 5.46. The van der Waals surface area contributed by atoms with Crippen LogP contribution < -0.4 is 5.56 Å². The minimum Gasteiger partial charge on any atom is -0.467 e. The monoisotopic (exact) mass is 342 g/mol. The summed E-state index contributed by atoms with van der Waals surface area (Å²) >= 11 is 0. The van der Waals surface area contributed by atoms with E-state index in [9.17, 15) is 9.59 Å². The van der Waals surface area contributed by atoms with Crippen LogP contribution in [0.3, 0.4) is 0 Å². The molecule has 0 N–H and O–H groups in total. The van der Waals surface area contributed by atoms with Gasteiger partial charge in [-0.05, 0) is 24.3 Å². The lowest BCUT2D eigenvalue weighted by Gasteiger charge is -2.21. The molecule has 0 atom stereocenters. The lowest BCUT2D eigenvalue weighted by atomic mass is 10.2. The number of aromatic nitrogens is 3. The highest BCUT2D eigenvalue weighted by molar-refractivity contribution is 5.78. The van der Waals surface area contributed by atoms with E-state index in [-0.39, 0.29) is 18.0 Å². The molecule has 2 aromatic heterocycles. The van der Waals surface area contributed by atoms with Crippen LogP contribution in [0.1, 0.15) is 5.76 Å². The van der Waals surface area contributed by atoms with Crippen molar-refractivity contribution in [3.8, 4) is 0 Å². The van der Waals surface area contributed by atoms with Crippen LogP contribution in [0.5, 0.6) is 0 Å². The largest absolute Gasteiger partial charge is 0.467 e. The molecule has 2 heterocycles. The zero-order valence-corrected chi connectivity index (χ0v) is 13.8. The number of hydrogen-bond donors (Lipinski definition) is 0. The molecule has 0 radical (unpaired) electrons. The predicted octanol–water partition coefficient (Wildman–Crippen LogP) is 1.06. The number of fused-ring (bicyclic) bond motifs is 1. The minimum absolute atomic E-state index is 0.193. The van der Waals surface area contributed by atoms with Crippen molar-refractivity contribution in [2.75, 3.05) is 20.3 Å². The SMILES string of the molecule is COCCN(Cc1ccco1)C(=O)Cn1nnc2ccccc2c1=O. The Morgan fingerprint density at radius 1 is 1.28 bits per heavy atom. The summed E-state index contributed by atoms with van der Waals surface area (Å²) in [5, 5.41) is 8.28. The van der Waals surface area contributed by atoms with Crippen LogP contribution in [0.2, 0.25) is 0 Å². The Balaban J connectivity index is 1.80. The van der Waals surface area contributed by atoms with Crippen molar-refractivity contribution < 1.29 is 13.9 Å². The van der Waals surface area contributed by atoms with E-state index < -0.39 is 0 Å². The minimum atomic E-state index is -0.344. The van der Waals surface area contributed by atoms with Crippen molar-refractivity contribution >= 4 is 16.8 Å². The quantitative estimate of drug-likeness (QED) is 0.638. The number of nitrogens with zero attached hydrogens (tertiary/aromatic N) is 4. The van der Waals surface area contributed by atoms with Crippen LogP contribution in [0.15, 0.2) is 51.9 Å². The number of carbonyl (C=O) groups excluding carboxylic acids is 1. The van der Waals surface area contributed by atoms with Gasteiger partial charge in [-0.2, -0.15) is 0 Å². The third-order valence-corrected chi connectivity index (χ3v) is 3.76. The van der Waals surface area contributed by atoms with Crippen LogP contribution in [0.4, 0.5) is 0 Å². The molecule has 0 fully saturated rings. The number of ether oxygens (including phenoxy) is 1. The van der Waals surface area contributed by atoms with Crippen LogP contribution >= 0.6 is 0 Å². The smallest absolute Gasteiger partial charge is 0.278 e. The number of methoxy groups -OCH3 is 1. The Kier molecular flexibility index (Phi) is 5.20. The Bertz CT molecular complexity index is 904. The maximum absolute atomic E-state index is 12.6. The van der Waals surface area contributed by atoms with Gasteiger partial charge in [0.15, 0.2) is 0 Å². The van der Waals surface area contributed by atoms with Gasteiger partial charge in [0, 0.05) is 13.7 Å². The summed E-state index contributed by atoms with van der Waals surface area (Å²) in [4.78, 5) is 26.7. The normalized spacial score (nSPS) is 10.9. The van der Waals surface area contributed by atoms with Gasteiger partial charge in [0.1, 0.15) is 17.8 Å². The topological polar surface area (TPSA) is 90.5 Å². The molecule has 3 rings (SSSR count). The van der Waals surface area contributed by atoms with E-state index in [1.807, 2.05) is 0 Å². The molecule has 1 aromatic carbocycles. The van der Waals surface area contributed by atoms with Crippen molar-refractivity contribution in [2.45, 2.75) is 13.1 Å². The van der Waals surface area contributed by atoms with Gasteiger partial charge in [-0.25, -0.2) is 4.68 Å². The van der Waals surface area contributed by atoms with Crippen LogP contribution in [-0.4, -0.2) is 46.1 Å².